The number of carbonyl (C=O) groups is 1. The lowest BCUT2D eigenvalue weighted by molar-refractivity contribution is -0.385. The van der Waals surface area contributed by atoms with Crippen LogP contribution in [0.1, 0.15) is 41.6 Å². The van der Waals surface area contributed by atoms with Crippen LogP contribution in [0.2, 0.25) is 0 Å². The molecule has 0 radical (unpaired) electrons. The van der Waals surface area contributed by atoms with Crippen molar-refractivity contribution in [3.05, 3.63) is 106 Å². The zero-order valence-electron chi connectivity index (χ0n) is 18.5. The molecule has 1 amide bonds. The monoisotopic (exact) mass is 442 g/mol. The summed E-state index contributed by atoms with van der Waals surface area (Å²) in [7, 11) is 0. The number of carbonyl (C=O) groups excluding carboxylic acids is 1. The van der Waals surface area contributed by atoms with Crippen molar-refractivity contribution in [3.8, 4) is 0 Å². The van der Waals surface area contributed by atoms with Crippen molar-refractivity contribution >= 4 is 22.5 Å². The van der Waals surface area contributed by atoms with Crippen molar-refractivity contribution in [1.29, 1.82) is 0 Å². The predicted octanol–water partition coefficient (Wildman–Crippen LogP) is 4.91. The molecule has 168 valence electrons. The van der Waals surface area contributed by atoms with Crippen LogP contribution in [0.25, 0.3) is 10.9 Å². The smallest absolute Gasteiger partial charge is 0.273 e. The number of hydrogen-bond acceptors (Lipinski definition) is 4. The predicted molar refractivity (Wildman–Crippen MR) is 128 cm³/mol. The van der Waals surface area contributed by atoms with Crippen molar-refractivity contribution in [2.24, 2.45) is 0 Å². The molecule has 0 saturated heterocycles. The Morgan fingerprint density at radius 1 is 1.09 bits per heavy atom. The van der Waals surface area contributed by atoms with Gasteiger partial charge in [-0.15, -0.1) is 0 Å². The Balaban J connectivity index is 1.64. The van der Waals surface area contributed by atoms with Gasteiger partial charge in [-0.2, -0.15) is 0 Å². The molecule has 0 fully saturated rings. The summed E-state index contributed by atoms with van der Waals surface area (Å²) < 4.78 is 0. The zero-order valence-corrected chi connectivity index (χ0v) is 18.5. The van der Waals surface area contributed by atoms with Crippen molar-refractivity contribution < 1.29 is 9.72 Å². The van der Waals surface area contributed by atoms with Crippen LogP contribution >= 0.6 is 0 Å². The van der Waals surface area contributed by atoms with E-state index in [1.54, 1.807) is 24.4 Å². The van der Waals surface area contributed by atoms with E-state index in [1.807, 2.05) is 36.5 Å². The van der Waals surface area contributed by atoms with E-state index in [0.29, 0.717) is 18.5 Å². The van der Waals surface area contributed by atoms with Gasteiger partial charge in [-0.1, -0.05) is 49.4 Å². The number of benzene rings is 2. The number of H-pyrrole nitrogens is 1. The number of aryl methyl sites for hydroxylation is 1. The third kappa shape index (κ3) is 4.92. The summed E-state index contributed by atoms with van der Waals surface area (Å²) in [5, 5.41) is 15.7. The molecule has 7 nitrogen and oxygen atoms in total. The Morgan fingerprint density at radius 3 is 2.67 bits per heavy atom. The first-order chi connectivity index (χ1) is 16.1. The first kappa shape index (κ1) is 22.2. The van der Waals surface area contributed by atoms with Crippen molar-refractivity contribution in [1.82, 2.24) is 15.3 Å². The highest BCUT2D eigenvalue weighted by Crippen LogP contribution is 2.38. The maximum Gasteiger partial charge on any atom is 0.273 e. The van der Waals surface area contributed by atoms with Gasteiger partial charge in [-0.3, -0.25) is 19.9 Å². The summed E-state index contributed by atoms with van der Waals surface area (Å²) in [5.74, 6) is -0.614. The molecule has 2 N–H and O–H groups in total. The Hall–Kier alpha value is -4.00. The van der Waals surface area contributed by atoms with Gasteiger partial charge in [0.1, 0.15) is 0 Å². The number of amides is 1. The molecule has 0 spiro atoms. The number of pyridine rings is 1. The summed E-state index contributed by atoms with van der Waals surface area (Å²) in [5.41, 5.74) is 4.51. The number of nitrogens with one attached hydrogen (secondary N) is 2. The topological polar surface area (TPSA) is 101 Å². The normalized spacial score (nSPS) is 11.9. The lowest BCUT2D eigenvalue weighted by atomic mass is 9.86. The average Bonchev–Trinajstić information content (AvgIpc) is 3.27. The highest BCUT2D eigenvalue weighted by atomic mass is 16.6. The van der Waals surface area contributed by atoms with Gasteiger partial charge in [0.15, 0.2) is 0 Å². The molecular weight excluding hydrogens is 416 g/mol. The molecule has 7 heteroatoms. The van der Waals surface area contributed by atoms with Gasteiger partial charge in [0.2, 0.25) is 5.91 Å². The van der Waals surface area contributed by atoms with Crippen molar-refractivity contribution in [2.75, 3.05) is 6.54 Å². The van der Waals surface area contributed by atoms with E-state index >= 15 is 0 Å². The van der Waals surface area contributed by atoms with Gasteiger partial charge in [0.05, 0.1) is 4.92 Å². The Labute approximate surface area is 192 Å². The molecule has 0 bridgehead atoms. The van der Waals surface area contributed by atoms with Gasteiger partial charge in [0.25, 0.3) is 5.69 Å². The van der Waals surface area contributed by atoms with Gasteiger partial charge >= 0.3 is 0 Å². The first-order valence-corrected chi connectivity index (χ1v) is 11.1. The molecular formula is C26H26N4O3. The maximum absolute atomic E-state index is 12.9. The molecule has 0 unspecified atom stereocenters. The first-order valence-electron chi connectivity index (χ1n) is 11.1. The minimum Gasteiger partial charge on any atom is -0.361 e. The third-order valence-electron chi connectivity index (χ3n) is 5.92. The van der Waals surface area contributed by atoms with Gasteiger partial charge < -0.3 is 10.3 Å². The number of nitro benzene ring substituents is 1. The highest BCUT2D eigenvalue weighted by molar-refractivity contribution is 5.88. The maximum atomic E-state index is 12.9. The lowest BCUT2D eigenvalue weighted by Gasteiger charge is -2.17. The zero-order chi connectivity index (χ0) is 23.2. The minimum atomic E-state index is -0.456. The van der Waals surface area contributed by atoms with Crippen LogP contribution in [-0.2, 0) is 17.6 Å². The minimum absolute atomic E-state index is 0.0183. The second kappa shape index (κ2) is 10.1. The van der Waals surface area contributed by atoms with Gasteiger partial charge in [-0.25, -0.2) is 0 Å². The molecule has 0 aliphatic heterocycles. The number of hydrogen-bond donors (Lipinski definition) is 2. The molecule has 33 heavy (non-hydrogen) atoms. The van der Waals surface area contributed by atoms with Crippen molar-refractivity contribution in [3.63, 3.8) is 0 Å². The Morgan fingerprint density at radius 2 is 1.91 bits per heavy atom. The van der Waals surface area contributed by atoms with Crippen LogP contribution < -0.4 is 5.32 Å². The summed E-state index contributed by atoms with van der Waals surface area (Å²) in [6.45, 7) is 2.54. The molecule has 0 saturated carbocycles. The number of rotatable bonds is 9. The van der Waals surface area contributed by atoms with E-state index in [0.717, 1.165) is 28.6 Å². The molecule has 2 heterocycles. The fourth-order valence-corrected chi connectivity index (χ4v) is 4.29. The van der Waals surface area contributed by atoms with E-state index in [1.165, 1.54) is 11.6 Å². The molecule has 0 aliphatic rings. The molecule has 4 rings (SSSR count). The highest BCUT2D eigenvalue weighted by Gasteiger charge is 2.27. The number of nitro groups is 1. The van der Waals surface area contributed by atoms with Crippen LogP contribution in [0.4, 0.5) is 5.69 Å². The second-order valence-corrected chi connectivity index (χ2v) is 7.93. The largest absolute Gasteiger partial charge is 0.361 e. The average molecular weight is 443 g/mol. The quantitative estimate of drug-likeness (QED) is 0.284. The van der Waals surface area contributed by atoms with E-state index in [9.17, 15) is 14.9 Å². The van der Waals surface area contributed by atoms with Crippen LogP contribution in [-0.4, -0.2) is 27.3 Å². The molecule has 2 aromatic carbocycles. The van der Waals surface area contributed by atoms with Crippen LogP contribution in [0, 0.1) is 10.1 Å². The number of para-hydroxylation sites is 2. The van der Waals surface area contributed by atoms with Crippen LogP contribution in [0.15, 0.2) is 73.1 Å². The number of aromatic nitrogens is 2. The third-order valence-corrected chi connectivity index (χ3v) is 5.92. The van der Waals surface area contributed by atoms with Gasteiger partial charge in [-0.05, 0) is 29.7 Å². The summed E-state index contributed by atoms with van der Waals surface area (Å²) in [4.78, 5) is 31.9. The van der Waals surface area contributed by atoms with Crippen molar-refractivity contribution in [2.45, 2.75) is 32.1 Å². The Kier molecular flexibility index (Phi) is 6.78. The van der Waals surface area contributed by atoms with E-state index in [4.69, 9.17) is 0 Å². The molecule has 1 atom stereocenters. The van der Waals surface area contributed by atoms with Crippen LogP contribution in [0.3, 0.4) is 0 Å². The summed E-state index contributed by atoms with van der Waals surface area (Å²) >= 11 is 0. The van der Waals surface area contributed by atoms with Gasteiger partial charge in [0, 0.05) is 65.9 Å². The molecule has 0 aliphatic carbocycles. The number of nitrogens with zero attached hydrogens (tertiary/aromatic N) is 2. The molecule has 4 aromatic rings. The second-order valence-electron chi connectivity index (χ2n) is 7.93. The fraction of sp³-hybridized carbons (Fsp3) is 0.231. The SMILES string of the molecule is CCc1cccc2c([C@H](CC(=O)NCCc3ccccn3)c3ccccc3[N+](=O)[O-])c[nH]c12. The van der Waals surface area contributed by atoms with E-state index in [-0.39, 0.29) is 22.9 Å². The summed E-state index contributed by atoms with van der Waals surface area (Å²) in [6.07, 6.45) is 5.20. The molecule has 2 aromatic heterocycles. The fourth-order valence-electron chi connectivity index (χ4n) is 4.29. The number of fused-ring (bicyclic) bond motifs is 1. The van der Waals surface area contributed by atoms with Crippen LogP contribution in [0.5, 0.6) is 0 Å². The summed E-state index contributed by atoms with van der Waals surface area (Å²) in [6, 6.07) is 18.4. The van der Waals surface area contributed by atoms with E-state index in [2.05, 4.69) is 28.3 Å². The number of aromatic amines is 1. The lowest BCUT2D eigenvalue weighted by Crippen LogP contribution is -2.27. The standard InChI is InChI=1S/C26H26N4O3/c1-2-18-8-7-11-21-23(17-29-26(18)21)22(20-10-3-4-12-24(20)30(32)33)16-25(31)28-15-13-19-9-5-6-14-27-19/h3-12,14,17,22,29H,2,13,15-16H2,1H3,(H,28,31)/t22-/m1/s1. The Bertz CT molecular complexity index is 1270. The van der Waals surface area contributed by atoms with E-state index < -0.39 is 5.92 Å².